The maximum Gasteiger partial charge on any atom is 0.342 e. The van der Waals surface area contributed by atoms with Gasteiger partial charge in [0.15, 0.2) is 11.5 Å². The van der Waals surface area contributed by atoms with E-state index < -0.39 is 5.97 Å². The van der Waals surface area contributed by atoms with Crippen LogP contribution in [0.15, 0.2) is 36.4 Å². The van der Waals surface area contributed by atoms with E-state index in [2.05, 4.69) is 6.92 Å². The first-order valence-corrected chi connectivity index (χ1v) is 8.31. The van der Waals surface area contributed by atoms with Crippen LogP contribution in [0.1, 0.15) is 22.8 Å². The van der Waals surface area contributed by atoms with Crippen molar-refractivity contribution < 1.29 is 28.5 Å². The molecule has 140 valence electrons. The molecule has 6 nitrogen and oxygen atoms in total. The van der Waals surface area contributed by atoms with Crippen molar-refractivity contribution in [1.82, 2.24) is 0 Å². The molecule has 0 saturated carbocycles. The fourth-order valence-corrected chi connectivity index (χ4v) is 2.42. The highest BCUT2D eigenvalue weighted by Crippen LogP contribution is 2.34. The van der Waals surface area contributed by atoms with Crippen LogP contribution in [0.2, 0.25) is 0 Å². The van der Waals surface area contributed by atoms with Crippen LogP contribution < -0.4 is 18.9 Å². The topological polar surface area (TPSA) is 63.2 Å². The van der Waals surface area contributed by atoms with E-state index in [0.717, 1.165) is 12.2 Å². The number of methoxy groups -OCH3 is 3. The monoisotopic (exact) mass is 360 g/mol. The molecular weight excluding hydrogens is 336 g/mol. The predicted molar refractivity (Wildman–Crippen MR) is 97.7 cm³/mol. The second kappa shape index (κ2) is 9.56. The number of hydrogen-bond donors (Lipinski definition) is 0. The van der Waals surface area contributed by atoms with E-state index in [1.54, 1.807) is 6.07 Å². The lowest BCUT2D eigenvalue weighted by molar-refractivity contribution is 0.0446. The Kier molecular flexibility index (Phi) is 7.14. The van der Waals surface area contributed by atoms with Crippen LogP contribution in [0, 0.1) is 0 Å². The quantitative estimate of drug-likeness (QED) is 0.504. The molecular formula is C20H24O6. The summed E-state index contributed by atoms with van der Waals surface area (Å²) in [7, 11) is 4.49. The molecule has 0 spiro atoms. The summed E-state index contributed by atoms with van der Waals surface area (Å²) in [5, 5.41) is 0. The Labute approximate surface area is 153 Å². The van der Waals surface area contributed by atoms with Gasteiger partial charge in [0.05, 0.1) is 21.3 Å². The minimum absolute atomic E-state index is 0.118. The number of aryl methyl sites for hydroxylation is 1. The van der Waals surface area contributed by atoms with Gasteiger partial charge >= 0.3 is 5.97 Å². The van der Waals surface area contributed by atoms with Crippen molar-refractivity contribution in [3.8, 4) is 23.0 Å². The lowest BCUT2D eigenvalue weighted by Gasteiger charge is -2.14. The van der Waals surface area contributed by atoms with Gasteiger partial charge in [-0.25, -0.2) is 4.79 Å². The fraction of sp³-hybridized carbons (Fsp3) is 0.350. The van der Waals surface area contributed by atoms with E-state index >= 15 is 0 Å². The predicted octanol–water partition coefficient (Wildman–Crippen LogP) is 3.51. The summed E-state index contributed by atoms with van der Waals surface area (Å²) < 4.78 is 26.6. The summed E-state index contributed by atoms with van der Waals surface area (Å²) in [5.74, 6) is 1.48. The average Bonchev–Trinajstić information content (AvgIpc) is 2.69. The molecule has 0 aromatic heterocycles. The van der Waals surface area contributed by atoms with E-state index in [1.165, 1.54) is 33.0 Å². The molecule has 0 unspecified atom stereocenters. The van der Waals surface area contributed by atoms with Crippen LogP contribution in [-0.4, -0.2) is 40.5 Å². The molecule has 0 amide bonds. The van der Waals surface area contributed by atoms with Gasteiger partial charge in [0.25, 0.3) is 0 Å². The molecule has 2 aromatic carbocycles. The molecule has 0 aliphatic rings. The number of hydrogen-bond acceptors (Lipinski definition) is 6. The molecule has 2 aromatic rings. The molecule has 2 rings (SSSR count). The minimum Gasteiger partial charge on any atom is -0.496 e. The first-order chi connectivity index (χ1) is 12.6. The average molecular weight is 360 g/mol. The zero-order valence-corrected chi connectivity index (χ0v) is 15.5. The van der Waals surface area contributed by atoms with Crippen LogP contribution in [0.5, 0.6) is 23.0 Å². The standard InChI is InChI=1S/C20H24O6/c1-5-14-7-6-8-15(11-14)25-9-10-26-20(21)16-12-18(23-3)19(24-4)13-17(16)22-2/h6-8,11-13H,5,9-10H2,1-4H3. The Bertz CT molecular complexity index is 741. The maximum absolute atomic E-state index is 12.3. The highest BCUT2D eigenvalue weighted by Gasteiger charge is 2.18. The van der Waals surface area contributed by atoms with Crippen LogP contribution in [0.25, 0.3) is 0 Å². The van der Waals surface area contributed by atoms with Crippen molar-refractivity contribution in [2.75, 3.05) is 34.5 Å². The number of rotatable bonds is 9. The summed E-state index contributed by atoms with van der Waals surface area (Å²) in [6.45, 7) is 2.46. The fourth-order valence-electron chi connectivity index (χ4n) is 2.42. The van der Waals surface area contributed by atoms with Gasteiger partial charge in [0.1, 0.15) is 30.3 Å². The first kappa shape index (κ1) is 19.4. The van der Waals surface area contributed by atoms with E-state index in [1.807, 2.05) is 24.3 Å². The van der Waals surface area contributed by atoms with Gasteiger partial charge < -0.3 is 23.7 Å². The molecule has 6 heteroatoms. The molecule has 0 fully saturated rings. The normalized spacial score (nSPS) is 10.2. The Morgan fingerprint density at radius 3 is 2.23 bits per heavy atom. The van der Waals surface area contributed by atoms with Crippen molar-refractivity contribution in [2.24, 2.45) is 0 Å². The Hall–Kier alpha value is -2.89. The van der Waals surface area contributed by atoms with Gasteiger partial charge in [-0.15, -0.1) is 0 Å². The molecule has 0 saturated heterocycles. The zero-order chi connectivity index (χ0) is 18.9. The molecule has 0 atom stereocenters. The van der Waals surface area contributed by atoms with Crippen molar-refractivity contribution in [2.45, 2.75) is 13.3 Å². The number of benzene rings is 2. The van der Waals surface area contributed by atoms with Crippen LogP contribution in [-0.2, 0) is 11.2 Å². The first-order valence-electron chi connectivity index (χ1n) is 8.31. The lowest BCUT2D eigenvalue weighted by atomic mass is 10.1. The molecule has 0 aliphatic heterocycles. The second-order valence-corrected chi connectivity index (χ2v) is 5.39. The number of carbonyl (C=O) groups excluding carboxylic acids is 1. The third kappa shape index (κ3) is 4.81. The number of ether oxygens (including phenoxy) is 5. The summed E-state index contributed by atoms with van der Waals surface area (Å²) in [6, 6.07) is 10.9. The van der Waals surface area contributed by atoms with Crippen molar-refractivity contribution >= 4 is 5.97 Å². The van der Waals surface area contributed by atoms with Crippen LogP contribution in [0.3, 0.4) is 0 Å². The van der Waals surface area contributed by atoms with Crippen molar-refractivity contribution in [3.63, 3.8) is 0 Å². The molecule has 0 N–H and O–H groups in total. The molecule has 26 heavy (non-hydrogen) atoms. The number of carbonyl (C=O) groups is 1. The van der Waals surface area contributed by atoms with Crippen molar-refractivity contribution in [3.05, 3.63) is 47.5 Å². The minimum atomic E-state index is -0.520. The third-order valence-corrected chi connectivity index (χ3v) is 3.82. The van der Waals surface area contributed by atoms with E-state index in [4.69, 9.17) is 23.7 Å². The second-order valence-electron chi connectivity index (χ2n) is 5.39. The molecule has 0 bridgehead atoms. The Morgan fingerprint density at radius 2 is 1.58 bits per heavy atom. The lowest BCUT2D eigenvalue weighted by Crippen LogP contribution is -2.13. The number of esters is 1. The highest BCUT2D eigenvalue weighted by molar-refractivity contribution is 5.93. The van der Waals surface area contributed by atoms with E-state index in [9.17, 15) is 4.79 Å². The molecule has 0 radical (unpaired) electrons. The Balaban J connectivity index is 1.96. The van der Waals surface area contributed by atoms with E-state index in [-0.39, 0.29) is 18.8 Å². The van der Waals surface area contributed by atoms with Gasteiger partial charge in [-0.2, -0.15) is 0 Å². The molecule has 0 aliphatic carbocycles. The van der Waals surface area contributed by atoms with Crippen LogP contribution in [0.4, 0.5) is 0 Å². The van der Waals surface area contributed by atoms with Crippen LogP contribution >= 0.6 is 0 Å². The van der Waals surface area contributed by atoms with Gasteiger partial charge in [-0.05, 0) is 24.1 Å². The smallest absolute Gasteiger partial charge is 0.342 e. The highest BCUT2D eigenvalue weighted by atomic mass is 16.6. The SMILES string of the molecule is CCc1cccc(OCCOC(=O)c2cc(OC)c(OC)cc2OC)c1. The zero-order valence-electron chi connectivity index (χ0n) is 15.5. The van der Waals surface area contributed by atoms with Gasteiger partial charge in [0.2, 0.25) is 0 Å². The summed E-state index contributed by atoms with van der Waals surface area (Å²) >= 11 is 0. The maximum atomic E-state index is 12.3. The largest absolute Gasteiger partial charge is 0.496 e. The van der Waals surface area contributed by atoms with E-state index in [0.29, 0.717) is 17.2 Å². The summed E-state index contributed by atoms with van der Waals surface area (Å²) in [6.07, 6.45) is 0.936. The van der Waals surface area contributed by atoms with Crippen molar-refractivity contribution in [1.29, 1.82) is 0 Å². The van der Waals surface area contributed by atoms with Gasteiger partial charge in [-0.1, -0.05) is 19.1 Å². The van der Waals surface area contributed by atoms with Gasteiger partial charge in [-0.3, -0.25) is 0 Å². The summed E-state index contributed by atoms with van der Waals surface area (Å²) in [5.41, 5.74) is 1.45. The molecule has 0 heterocycles. The third-order valence-electron chi connectivity index (χ3n) is 3.82. The van der Waals surface area contributed by atoms with Gasteiger partial charge in [0, 0.05) is 12.1 Å². The Morgan fingerprint density at radius 1 is 0.885 bits per heavy atom. The summed E-state index contributed by atoms with van der Waals surface area (Å²) in [4.78, 5) is 12.3.